The van der Waals surface area contributed by atoms with Crippen molar-refractivity contribution in [2.24, 2.45) is 0 Å². The number of nitrogens with one attached hydrogen (secondary N) is 1. The summed E-state index contributed by atoms with van der Waals surface area (Å²) in [6.45, 7) is 1.82. The van der Waals surface area contributed by atoms with Gasteiger partial charge in [-0.1, -0.05) is 25.1 Å². The fourth-order valence-electron chi connectivity index (χ4n) is 1.96. The van der Waals surface area contributed by atoms with Crippen molar-refractivity contribution >= 4 is 22.7 Å². The summed E-state index contributed by atoms with van der Waals surface area (Å²) in [4.78, 5) is 15.8. The molecule has 0 saturated heterocycles. The lowest BCUT2D eigenvalue weighted by molar-refractivity contribution is -0.115. The number of carbonyl (C=O) groups is 1. The van der Waals surface area contributed by atoms with E-state index in [1.165, 1.54) is 0 Å². The average Bonchev–Trinajstić information content (AvgIpc) is 2.91. The molecule has 0 bridgehead atoms. The highest BCUT2D eigenvalue weighted by molar-refractivity contribution is 5.92. The van der Waals surface area contributed by atoms with Crippen LogP contribution in [-0.2, 0) is 4.79 Å². The van der Waals surface area contributed by atoms with Gasteiger partial charge in [0.25, 0.3) is 0 Å². The molecule has 0 unspecified atom stereocenters. The first kappa shape index (κ1) is 12.4. The minimum absolute atomic E-state index is 0.0175. The number of anilines is 1. The second-order valence-electron chi connectivity index (χ2n) is 4.47. The molecule has 1 amide bonds. The molecule has 0 spiro atoms. The highest BCUT2D eigenvalue weighted by Gasteiger charge is 2.09. The molecule has 0 saturated carbocycles. The van der Waals surface area contributed by atoms with Gasteiger partial charge in [0.05, 0.1) is 0 Å². The van der Waals surface area contributed by atoms with Crippen molar-refractivity contribution in [1.29, 1.82) is 0 Å². The summed E-state index contributed by atoms with van der Waals surface area (Å²) in [6.07, 6.45) is 0.451. The van der Waals surface area contributed by atoms with Gasteiger partial charge in [-0.3, -0.25) is 4.79 Å². The summed E-state index contributed by atoms with van der Waals surface area (Å²) < 4.78 is 5.72. The van der Waals surface area contributed by atoms with E-state index in [0.717, 1.165) is 16.8 Å². The maximum atomic E-state index is 11.4. The minimum Gasteiger partial charge on any atom is -0.436 e. The van der Waals surface area contributed by atoms with E-state index >= 15 is 0 Å². The fourth-order valence-corrected chi connectivity index (χ4v) is 1.96. The summed E-state index contributed by atoms with van der Waals surface area (Å²) in [5.41, 5.74) is 3.11. The smallest absolute Gasteiger partial charge is 0.227 e. The van der Waals surface area contributed by atoms with Gasteiger partial charge in [-0.2, -0.15) is 0 Å². The normalized spacial score (nSPS) is 10.7. The van der Waals surface area contributed by atoms with Crippen LogP contribution in [0.15, 0.2) is 52.9 Å². The molecule has 0 aliphatic heterocycles. The molecule has 4 nitrogen and oxygen atoms in total. The zero-order valence-corrected chi connectivity index (χ0v) is 11.1. The molecule has 1 heterocycles. The van der Waals surface area contributed by atoms with E-state index in [1.807, 2.05) is 55.5 Å². The first-order valence-electron chi connectivity index (χ1n) is 6.52. The lowest BCUT2D eigenvalue weighted by Crippen LogP contribution is -2.08. The number of hydrogen-bond acceptors (Lipinski definition) is 3. The van der Waals surface area contributed by atoms with Crippen LogP contribution in [-0.4, -0.2) is 10.9 Å². The fraction of sp³-hybridized carbons (Fsp3) is 0.125. The van der Waals surface area contributed by atoms with E-state index < -0.39 is 0 Å². The molecule has 4 heteroatoms. The molecule has 3 aromatic rings. The van der Waals surface area contributed by atoms with Crippen LogP contribution >= 0.6 is 0 Å². The van der Waals surface area contributed by atoms with E-state index in [1.54, 1.807) is 0 Å². The third-order valence-electron chi connectivity index (χ3n) is 3.01. The average molecular weight is 266 g/mol. The van der Waals surface area contributed by atoms with Gasteiger partial charge in [0, 0.05) is 17.7 Å². The zero-order valence-electron chi connectivity index (χ0n) is 11.1. The summed E-state index contributed by atoms with van der Waals surface area (Å²) in [5.74, 6) is 0.565. The Kier molecular flexibility index (Phi) is 3.21. The Morgan fingerprint density at radius 1 is 1.20 bits per heavy atom. The Morgan fingerprint density at radius 3 is 2.75 bits per heavy atom. The van der Waals surface area contributed by atoms with Crippen LogP contribution in [0.2, 0.25) is 0 Å². The van der Waals surface area contributed by atoms with Gasteiger partial charge in [0.1, 0.15) is 5.52 Å². The Labute approximate surface area is 116 Å². The molecule has 2 aromatic carbocycles. The van der Waals surface area contributed by atoms with Gasteiger partial charge in [0.2, 0.25) is 11.8 Å². The maximum Gasteiger partial charge on any atom is 0.227 e. The molecular formula is C16H14N2O2. The van der Waals surface area contributed by atoms with Crippen LogP contribution < -0.4 is 5.32 Å². The maximum absolute atomic E-state index is 11.4. The van der Waals surface area contributed by atoms with Gasteiger partial charge in [-0.25, -0.2) is 4.98 Å². The number of carbonyl (C=O) groups excluding carboxylic acids is 1. The van der Waals surface area contributed by atoms with Crippen molar-refractivity contribution in [3.8, 4) is 11.5 Å². The largest absolute Gasteiger partial charge is 0.436 e. The molecule has 0 atom stereocenters. The van der Waals surface area contributed by atoms with Crippen LogP contribution in [0, 0.1) is 0 Å². The molecule has 3 rings (SSSR count). The summed E-state index contributed by atoms with van der Waals surface area (Å²) in [7, 11) is 0. The van der Waals surface area contributed by atoms with Crippen molar-refractivity contribution < 1.29 is 9.21 Å². The predicted octanol–water partition coefficient (Wildman–Crippen LogP) is 3.84. The second-order valence-corrected chi connectivity index (χ2v) is 4.47. The Bertz CT molecular complexity index is 748. The van der Waals surface area contributed by atoms with Gasteiger partial charge >= 0.3 is 0 Å². The molecular weight excluding hydrogens is 252 g/mol. The highest BCUT2D eigenvalue weighted by Crippen LogP contribution is 2.26. The van der Waals surface area contributed by atoms with E-state index in [0.29, 0.717) is 17.9 Å². The SMILES string of the molecule is CCC(=O)Nc1ccc2oc(-c3ccccc3)nc2c1. The third kappa shape index (κ3) is 2.40. The lowest BCUT2D eigenvalue weighted by Gasteiger charge is -2.01. The van der Waals surface area contributed by atoms with Crippen LogP contribution in [0.3, 0.4) is 0 Å². The number of hydrogen-bond donors (Lipinski definition) is 1. The van der Waals surface area contributed by atoms with Crippen molar-refractivity contribution in [1.82, 2.24) is 4.98 Å². The second kappa shape index (κ2) is 5.17. The van der Waals surface area contributed by atoms with Gasteiger partial charge < -0.3 is 9.73 Å². The Morgan fingerprint density at radius 2 is 2.00 bits per heavy atom. The molecule has 0 fully saturated rings. The molecule has 100 valence electrons. The number of benzene rings is 2. The van der Waals surface area contributed by atoms with Crippen molar-refractivity contribution in [3.63, 3.8) is 0 Å². The van der Waals surface area contributed by atoms with Crippen LogP contribution in [0.25, 0.3) is 22.6 Å². The molecule has 0 aliphatic rings. The monoisotopic (exact) mass is 266 g/mol. The van der Waals surface area contributed by atoms with Crippen LogP contribution in [0.1, 0.15) is 13.3 Å². The number of nitrogens with zero attached hydrogens (tertiary/aromatic N) is 1. The topological polar surface area (TPSA) is 55.1 Å². The van der Waals surface area contributed by atoms with Crippen molar-refractivity contribution in [3.05, 3.63) is 48.5 Å². The number of rotatable bonds is 3. The number of aromatic nitrogens is 1. The summed E-state index contributed by atoms with van der Waals surface area (Å²) >= 11 is 0. The Balaban J connectivity index is 1.97. The summed E-state index contributed by atoms with van der Waals surface area (Å²) in [5, 5.41) is 2.81. The van der Waals surface area contributed by atoms with Gasteiger partial charge in [-0.05, 0) is 30.3 Å². The molecule has 1 aromatic heterocycles. The summed E-state index contributed by atoms with van der Waals surface area (Å²) in [6, 6.07) is 15.2. The van der Waals surface area contributed by atoms with E-state index in [2.05, 4.69) is 10.3 Å². The molecule has 0 aliphatic carbocycles. The first-order valence-corrected chi connectivity index (χ1v) is 6.52. The zero-order chi connectivity index (χ0) is 13.9. The van der Waals surface area contributed by atoms with Crippen LogP contribution in [0.4, 0.5) is 5.69 Å². The highest BCUT2D eigenvalue weighted by atomic mass is 16.3. The molecule has 0 radical (unpaired) electrons. The lowest BCUT2D eigenvalue weighted by atomic mass is 10.2. The molecule has 1 N–H and O–H groups in total. The minimum atomic E-state index is -0.0175. The standard InChI is InChI=1S/C16H14N2O2/c1-2-15(19)17-12-8-9-14-13(10-12)18-16(20-14)11-6-4-3-5-7-11/h3-10H,2H2,1H3,(H,17,19). The van der Waals surface area contributed by atoms with Gasteiger partial charge in [-0.15, -0.1) is 0 Å². The predicted molar refractivity (Wildman–Crippen MR) is 78.4 cm³/mol. The van der Waals surface area contributed by atoms with Gasteiger partial charge in [0.15, 0.2) is 5.58 Å². The van der Waals surface area contributed by atoms with Crippen molar-refractivity contribution in [2.75, 3.05) is 5.32 Å². The van der Waals surface area contributed by atoms with Crippen LogP contribution in [0.5, 0.6) is 0 Å². The van der Waals surface area contributed by atoms with E-state index in [-0.39, 0.29) is 5.91 Å². The van der Waals surface area contributed by atoms with E-state index in [4.69, 9.17) is 4.42 Å². The van der Waals surface area contributed by atoms with E-state index in [9.17, 15) is 4.79 Å². The Hall–Kier alpha value is -2.62. The number of oxazole rings is 1. The molecule has 20 heavy (non-hydrogen) atoms. The van der Waals surface area contributed by atoms with Crippen molar-refractivity contribution in [2.45, 2.75) is 13.3 Å². The first-order chi connectivity index (χ1) is 9.76. The quantitative estimate of drug-likeness (QED) is 0.783. The number of fused-ring (bicyclic) bond motifs is 1. The number of amides is 1. The third-order valence-corrected chi connectivity index (χ3v) is 3.01.